The Labute approximate surface area is 153 Å². The van der Waals surface area contributed by atoms with E-state index < -0.39 is 0 Å². The number of hydrogen-bond acceptors (Lipinski definition) is 5. The molecule has 2 amide bonds. The van der Waals surface area contributed by atoms with Gasteiger partial charge in [-0.1, -0.05) is 24.3 Å². The molecule has 5 nitrogen and oxygen atoms in total. The van der Waals surface area contributed by atoms with E-state index in [1.54, 1.807) is 24.3 Å². The maximum Gasteiger partial charge on any atom is 0.281 e. The van der Waals surface area contributed by atoms with E-state index >= 15 is 0 Å². The predicted octanol–water partition coefficient (Wildman–Crippen LogP) is 4.22. The molecule has 0 radical (unpaired) electrons. The highest BCUT2D eigenvalue weighted by Gasteiger charge is 2.08. The molecule has 7 heteroatoms. The summed E-state index contributed by atoms with van der Waals surface area (Å²) >= 11 is 2.76. The zero-order chi connectivity index (χ0) is 17.6. The third-order valence-electron chi connectivity index (χ3n) is 3.38. The fraction of sp³-hybridized carbons (Fsp3) is 0.0556. The summed E-state index contributed by atoms with van der Waals surface area (Å²) in [5.41, 5.74) is 4.79. The van der Waals surface area contributed by atoms with Crippen LogP contribution in [-0.2, 0) is 0 Å². The van der Waals surface area contributed by atoms with Crippen LogP contribution in [0.25, 0.3) is 0 Å². The zero-order valence-electron chi connectivity index (χ0n) is 13.4. The van der Waals surface area contributed by atoms with Crippen molar-refractivity contribution in [2.45, 2.75) is 6.92 Å². The van der Waals surface area contributed by atoms with Gasteiger partial charge in [-0.2, -0.15) is 5.10 Å². The van der Waals surface area contributed by atoms with Crippen LogP contribution in [0.4, 0.5) is 5.69 Å². The maximum atomic E-state index is 12.0. The molecule has 126 valence electrons. The van der Waals surface area contributed by atoms with Crippen molar-refractivity contribution < 1.29 is 9.59 Å². The van der Waals surface area contributed by atoms with Crippen molar-refractivity contribution in [3.05, 3.63) is 74.6 Å². The van der Waals surface area contributed by atoms with Gasteiger partial charge in [-0.25, -0.2) is 5.43 Å². The Morgan fingerprint density at radius 2 is 1.48 bits per heavy atom. The summed E-state index contributed by atoms with van der Waals surface area (Å²) in [6, 6.07) is 14.5. The minimum atomic E-state index is -0.228. The van der Waals surface area contributed by atoms with Gasteiger partial charge >= 0.3 is 0 Å². The first-order valence-corrected chi connectivity index (χ1v) is 9.23. The molecule has 3 aromatic rings. The molecular formula is C18H15N3O2S2. The minimum Gasteiger partial charge on any atom is -0.321 e. The fourth-order valence-corrected chi connectivity index (χ4v) is 3.29. The van der Waals surface area contributed by atoms with E-state index in [0.29, 0.717) is 21.2 Å². The number of thiophene rings is 2. The van der Waals surface area contributed by atoms with Crippen molar-refractivity contribution in [1.82, 2.24) is 5.43 Å². The quantitative estimate of drug-likeness (QED) is 0.522. The zero-order valence-corrected chi connectivity index (χ0v) is 15.0. The molecular weight excluding hydrogens is 354 g/mol. The molecule has 0 aliphatic heterocycles. The summed E-state index contributed by atoms with van der Waals surface area (Å²) in [6.07, 6.45) is 0. The third kappa shape index (κ3) is 4.40. The van der Waals surface area contributed by atoms with Crippen molar-refractivity contribution in [2.24, 2.45) is 5.10 Å². The standard InChI is InChI=1S/C18H15N3O2S2/c1-12(20-21-18(23)16-5-3-11-25-16)13-6-8-14(9-7-13)19-17(22)15-4-2-10-24-15/h2-11H,1H3,(H,19,22)(H,21,23). The van der Waals surface area contributed by atoms with Gasteiger partial charge in [-0.3, -0.25) is 9.59 Å². The first-order valence-electron chi connectivity index (χ1n) is 7.47. The van der Waals surface area contributed by atoms with Gasteiger partial charge < -0.3 is 5.32 Å². The number of hydrazone groups is 1. The molecule has 0 saturated heterocycles. The number of nitrogens with zero attached hydrogens (tertiary/aromatic N) is 1. The van der Waals surface area contributed by atoms with E-state index in [0.717, 1.165) is 5.56 Å². The van der Waals surface area contributed by atoms with Gasteiger partial charge in [0.05, 0.1) is 15.5 Å². The van der Waals surface area contributed by atoms with Crippen molar-refractivity contribution in [2.75, 3.05) is 5.32 Å². The fourth-order valence-electron chi connectivity index (χ4n) is 2.06. The summed E-state index contributed by atoms with van der Waals surface area (Å²) in [5.74, 6) is -0.356. The lowest BCUT2D eigenvalue weighted by Crippen LogP contribution is -2.18. The van der Waals surface area contributed by atoms with Crippen molar-refractivity contribution >= 4 is 45.9 Å². The smallest absolute Gasteiger partial charge is 0.281 e. The number of carbonyl (C=O) groups is 2. The number of anilines is 1. The van der Waals surface area contributed by atoms with Crippen LogP contribution in [0.2, 0.25) is 0 Å². The Morgan fingerprint density at radius 3 is 2.04 bits per heavy atom. The van der Waals surface area contributed by atoms with Gasteiger partial charge in [0, 0.05) is 5.69 Å². The van der Waals surface area contributed by atoms with Crippen LogP contribution in [0.3, 0.4) is 0 Å². The van der Waals surface area contributed by atoms with Crippen LogP contribution in [0.1, 0.15) is 31.8 Å². The summed E-state index contributed by atoms with van der Waals surface area (Å²) in [4.78, 5) is 25.2. The SMILES string of the molecule is CC(=NNC(=O)c1cccs1)c1ccc(NC(=O)c2cccs2)cc1. The van der Waals surface area contributed by atoms with Gasteiger partial charge in [0.15, 0.2) is 0 Å². The molecule has 3 rings (SSSR count). The molecule has 0 spiro atoms. The monoisotopic (exact) mass is 369 g/mol. The highest BCUT2D eigenvalue weighted by molar-refractivity contribution is 7.12. The van der Waals surface area contributed by atoms with Gasteiger partial charge in [0.1, 0.15) is 0 Å². The van der Waals surface area contributed by atoms with E-state index in [1.165, 1.54) is 22.7 Å². The lowest BCUT2D eigenvalue weighted by Gasteiger charge is -2.06. The molecule has 0 atom stereocenters. The molecule has 0 unspecified atom stereocenters. The minimum absolute atomic E-state index is 0.128. The Balaban J connectivity index is 1.62. The molecule has 0 saturated carbocycles. The Kier molecular flexibility index (Phi) is 5.37. The highest BCUT2D eigenvalue weighted by Crippen LogP contribution is 2.15. The van der Waals surface area contributed by atoms with E-state index in [9.17, 15) is 9.59 Å². The number of rotatable bonds is 5. The molecule has 0 bridgehead atoms. The summed E-state index contributed by atoms with van der Waals surface area (Å²) in [5, 5.41) is 10.7. The van der Waals surface area contributed by atoms with Gasteiger partial charge in [0.2, 0.25) is 0 Å². The number of carbonyl (C=O) groups excluding carboxylic acids is 2. The number of benzene rings is 1. The maximum absolute atomic E-state index is 12.0. The van der Waals surface area contributed by atoms with Crippen LogP contribution < -0.4 is 10.7 Å². The number of amides is 2. The van der Waals surface area contributed by atoms with E-state index in [4.69, 9.17) is 0 Å². The molecule has 25 heavy (non-hydrogen) atoms. The lowest BCUT2D eigenvalue weighted by atomic mass is 10.1. The second-order valence-corrected chi connectivity index (χ2v) is 7.02. The summed E-state index contributed by atoms with van der Waals surface area (Å²) < 4.78 is 0. The van der Waals surface area contributed by atoms with Gasteiger partial charge in [0.25, 0.3) is 11.8 Å². The van der Waals surface area contributed by atoms with E-state index in [2.05, 4.69) is 15.8 Å². The summed E-state index contributed by atoms with van der Waals surface area (Å²) in [6.45, 7) is 1.81. The second-order valence-electron chi connectivity index (χ2n) is 5.12. The topological polar surface area (TPSA) is 70.6 Å². The largest absolute Gasteiger partial charge is 0.321 e. The third-order valence-corrected chi connectivity index (χ3v) is 5.11. The van der Waals surface area contributed by atoms with E-state index in [1.807, 2.05) is 41.9 Å². The van der Waals surface area contributed by atoms with Crippen LogP contribution >= 0.6 is 22.7 Å². The number of nitrogens with one attached hydrogen (secondary N) is 2. The van der Waals surface area contributed by atoms with Gasteiger partial charge in [-0.05, 0) is 47.5 Å². The van der Waals surface area contributed by atoms with E-state index in [-0.39, 0.29) is 11.8 Å². The first-order chi connectivity index (χ1) is 12.1. The highest BCUT2D eigenvalue weighted by atomic mass is 32.1. The van der Waals surface area contributed by atoms with Crippen LogP contribution in [0.5, 0.6) is 0 Å². The summed E-state index contributed by atoms with van der Waals surface area (Å²) in [7, 11) is 0. The van der Waals surface area contributed by atoms with Crippen molar-refractivity contribution in [3.8, 4) is 0 Å². The predicted molar refractivity (Wildman–Crippen MR) is 103 cm³/mol. The Morgan fingerprint density at radius 1 is 0.880 bits per heavy atom. The van der Waals surface area contributed by atoms with Crippen molar-refractivity contribution in [1.29, 1.82) is 0 Å². The number of hydrogen-bond donors (Lipinski definition) is 2. The Hall–Kier alpha value is -2.77. The van der Waals surface area contributed by atoms with Crippen molar-refractivity contribution in [3.63, 3.8) is 0 Å². The molecule has 2 heterocycles. The second kappa shape index (κ2) is 7.87. The molecule has 2 N–H and O–H groups in total. The molecule has 2 aromatic heterocycles. The first kappa shape index (κ1) is 17.1. The normalized spacial score (nSPS) is 11.2. The molecule has 1 aromatic carbocycles. The van der Waals surface area contributed by atoms with Gasteiger partial charge in [-0.15, -0.1) is 22.7 Å². The van der Waals surface area contributed by atoms with Crippen LogP contribution in [0, 0.1) is 0 Å². The Bertz CT molecular complexity index is 883. The molecule has 0 aliphatic carbocycles. The molecule has 0 fully saturated rings. The average Bonchev–Trinajstić information content (AvgIpc) is 3.33. The van der Waals surface area contributed by atoms with Crippen LogP contribution in [0.15, 0.2) is 64.4 Å². The molecule has 0 aliphatic rings. The lowest BCUT2D eigenvalue weighted by molar-refractivity contribution is 0.0958. The average molecular weight is 369 g/mol. The van der Waals surface area contributed by atoms with Crippen LogP contribution in [-0.4, -0.2) is 17.5 Å².